The van der Waals surface area contributed by atoms with E-state index in [2.05, 4.69) is 5.32 Å². The van der Waals surface area contributed by atoms with Crippen LogP contribution in [0.4, 0.5) is 5.69 Å². The molecule has 132 valence electrons. The first kappa shape index (κ1) is 17.3. The Hall–Kier alpha value is -3.54. The lowest BCUT2D eigenvalue weighted by atomic mass is 10.1. The molecule has 0 heterocycles. The van der Waals surface area contributed by atoms with Gasteiger partial charge < -0.3 is 19.9 Å². The molecule has 0 unspecified atom stereocenters. The van der Waals surface area contributed by atoms with Gasteiger partial charge in [0.15, 0.2) is 6.61 Å². The van der Waals surface area contributed by atoms with Crippen LogP contribution in [0.2, 0.25) is 0 Å². The molecule has 26 heavy (non-hydrogen) atoms. The van der Waals surface area contributed by atoms with E-state index in [9.17, 15) is 14.7 Å². The zero-order valence-corrected chi connectivity index (χ0v) is 14.1. The maximum atomic E-state index is 12.1. The average Bonchev–Trinajstić information content (AvgIpc) is 2.66. The Kier molecular flexibility index (Phi) is 5.03. The molecule has 0 aliphatic carbocycles. The Labute approximate surface area is 150 Å². The maximum absolute atomic E-state index is 12.1. The van der Waals surface area contributed by atoms with Gasteiger partial charge in [0.05, 0.1) is 7.11 Å². The summed E-state index contributed by atoms with van der Waals surface area (Å²) in [4.78, 5) is 23.5. The van der Waals surface area contributed by atoms with Gasteiger partial charge in [0, 0.05) is 5.69 Å². The summed E-state index contributed by atoms with van der Waals surface area (Å²) in [5.74, 6) is -0.663. The van der Waals surface area contributed by atoms with E-state index < -0.39 is 5.97 Å². The van der Waals surface area contributed by atoms with E-state index in [-0.39, 0.29) is 23.8 Å². The molecule has 1 amide bonds. The largest absolute Gasteiger partial charge is 0.497 e. The number of anilines is 1. The Morgan fingerprint density at radius 1 is 1.00 bits per heavy atom. The molecule has 3 aromatic carbocycles. The van der Waals surface area contributed by atoms with Gasteiger partial charge in [-0.2, -0.15) is 0 Å². The number of rotatable bonds is 6. The Morgan fingerprint density at radius 3 is 2.27 bits per heavy atom. The van der Waals surface area contributed by atoms with E-state index in [1.807, 2.05) is 24.3 Å². The lowest BCUT2D eigenvalue weighted by Crippen LogP contribution is -2.20. The summed E-state index contributed by atoms with van der Waals surface area (Å²) < 4.78 is 10.5. The fourth-order valence-electron chi connectivity index (χ4n) is 2.52. The minimum Gasteiger partial charge on any atom is -0.497 e. The first-order chi connectivity index (χ1) is 12.6. The second-order valence-corrected chi connectivity index (χ2v) is 5.57. The van der Waals surface area contributed by atoms with E-state index in [4.69, 9.17) is 9.47 Å². The van der Waals surface area contributed by atoms with Crippen molar-refractivity contribution in [1.29, 1.82) is 0 Å². The molecule has 3 rings (SSSR count). The van der Waals surface area contributed by atoms with Crippen LogP contribution in [0.3, 0.4) is 0 Å². The molecule has 6 nitrogen and oxygen atoms in total. The summed E-state index contributed by atoms with van der Waals surface area (Å²) >= 11 is 0. The number of carbonyl (C=O) groups is 2. The molecule has 0 fully saturated rings. The smallest absolute Gasteiger partial charge is 0.339 e. The number of carboxylic acids is 1. The van der Waals surface area contributed by atoms with Crippen molar-refractivity contribution in [2.75, 3.05) is 19.0 Å². The van der Waals surface area contributed by atoms with Crippen LogP contribution in [-0.4, -0.2) is 30.7 Å². The fourth-order valence-corrected chi connectivity index (χ4v) is 2.52. The number of carboxylic acid groups (broad SMARTS) is 1. The SMILES string of the molecule is COc1ccc(NC(=O)COc2cc3ccccc3cc2C(=O)O)cc1. The van der Waals surface area contributed by atoms with E-state index in [1.165, 1.54) is 6.07 Å². The zero-order chi connectivity index (χ0) is 18.5. The van der Waals surface area contributed by atoms with E-state index in [0.717, 1.165) is 10.8 Å². The van der Waals surface area contributed by atoms with Crippen molar-refractivity contribution in [3.63, 3.8) is 0 Å². The third-order valence-electron chi connectivity index (χ3n) is 3.81. The summed E-state index contributed by atoms with van der Waals surface area (Å²) in [6, 6.07) is 17.4. The highest BCUT2D eigenvalue weighted by Crippen LogP contribution is 2.26. The molecule has 0 saturated carbocycles. The molecule has 0 radical (unpaired) electrons. The first-order valence-electron chi connectivity index (χ1n) is 7.89. The number of fused-ring (bicyclic) bond motifs is 1. The van der Waals surface area contributed by atoms with Gasteiger partial charge in [-0.3, -0.25) is 4.79 Å². The second kappa shape index (κ2) is 7.57. The summed E-state index contributed by atoms with van der Waals surface area (Å²) in [7, 11) is 1.56. The third-order valence-corrected chi connectivity index (χ3v) is 3.81. The van der Waals surface area contributed by atoms with Crippen LogP contribution < -0.4 is 14.8 Å². The Bertz CT molecular complexity index is 950. The van der Waals surface area contributed by atoms with Gasteiger partial charge in [-0.1, -0.05) is 24.3 Å². The van der Waals surface area contributed by atoms with Gasteiger partial charge >= 0.3 is 5.97 Å². The molecule has 2 N–H and O–H groups in total. The van der Waals surface area contributed by atoms with E-state index in [1.54, 1.807) is 37.4 Å². The van der Waals surface area contributed by atoms with Gasteiger partial charge in [-0.15, -0.1) is 0 Å². The minimum absolute atomic E-state index is 0.0148. The standard InChI is InChI=1S/C20H17NO5/c1-25-16-8-6-15(7-9-16)21-19(22)12-26-18-11-14-5-3-2-4-13(14)10-17(18)20(23)24/h2-11H,12H2,1H3,(H,21,22)(H,23,24). The molecular weight excluding hydrogens is 334 g/mol. The fraction of sp³-hybridized carbons (Fsp3) is 0.100. The summed E-state index contributed by atoms with van der Waals surface area (Å²) in [5, 5.41) is 13.7. The van der Waals surface area contributed by atoms with Crippen molar-refractivity contribution in [1.82, 2.24) is 0 Å². The molecule has 3 aromatic rings. The zero-order valence-electron chi connectivity index (χ0n) is 14.1. The molecule has 0 spiro atoms. The maximum Gasteiger partial charge on any atom is 0.339 e. The van der Waals surface area contributed by atoms with Gasteiger partial charge in [-0.05, 0) is 47.2 Å². The predicted molar refractivity (Wildman–Crippen MR) is 98.0 cm³/mol. The van der Waals surface area contributed by atoms with Crippen molar-refractivity contribution in [3.05, 3.63) is 66.2 Å². The van der Waals surface area contributed by atoms with Gasteiger partial charge in [0.25, 0.3) is 5.91 Å². The number of amides is 1. The molecule has 6 heteroatoms. The highest BCUT2D eigenvalue weighted by molar-refractivity contribution is 5.98. The van der Waals surface area contributed by atoms with Crippen LogP contribution >= 0.6 is 0 Å². The number of ether oxygens (including phenoxy) is 2. The molecule has 0 aliphatic rings. The highest BCUT2D eigenvalue weighted by atomic mass is 16.5. The average molecular weight is 351 g/mol. The lowest BCUT2D eigenvalue weighted by molar-refractivity contribution is -0.118. The molecule has 0 bridgehead atoms. The van der Waals surface area contributed by atoms with Crippen LogP contribution in [0.25, 0.3) is 10.8 Å². The van der Waals surface area contributed by atoms with Crippen LogP contribution in [0.1, 0.15) is 10.4 Å². The quantitative estimate of drug-likeness (QED) is 0.709. The van der Waals surface area contributed by atoms with Gasteiger partial charge in [0.1, 0.15) is 17.1 Å². The number of hydrogen-bond acceptors (Lipinski definition) is 4. The second-order valence-electron chi connectivity index (χ2n) is 5.57. The van der Waals surface area contributed by atoms with Crippen LogP contribution in [0.15, 0.2) is 60.7 Å². The number of methoxy groups -OCH3 is 1. The topological polar surface area (TPSA) is 84.9 Å². The van der Waals surface area contributed by atoms with Crippen molar-refractivity contribution in [2.24, 2.45) is 0 Å². The van der Waals surface area contributed by atoms with E-state index in [0.29, 0.717) is 11.4 Å². The van der Waals surface area contributed by atoms with Crippen molar-refractivity contribution >= 4 is 28.3 Å². The third kappa shape index (κ3) is 3.92. The summed E-state index contributed by atoms with van der Waals surface area (Å²) in [6.07, 6.45) is 0. The van der Waals surface area contributed by atoms with Crippen molar-refractivity contribution in [3.8, 4) is 11.5 Å². The summed E-state index contributed by atoms with van der Waals surface area (Å²) in [6.45, 7) is -0.301. The van der Waals surface area contributed by atoms with Crippen molar-refractivity contribution in [2.45, 2.75) is 0 Å². The number of nitrogens with one attached hydrogen (secondary N) is 1. The van der Waals surface area contributed by atoms with Crippen LogP contribution in [0.5, 0.6) is 11.5 Å². The van der Waals surface area contributed by atoms with Crippen molar-refractivity contribution < 1.29 is 24.2 Å². The Morgan fingerprint density at radius 2 is 1.65 bits per heavy atom. The van der Waals surface area contributed by atoms with Gasteiger partial charge in [-0.25, -0.2) is 4.79 Å². The van der Waals surface area contributed by atoms with Crippen LogP contribution in [0, 0.1) is 0 Å². The van der Waals surface area contributed by atoms with Gasteiger partial charge in [0.2, 0.25) is 0 Å². The lowest BCUT2D eigenvalue weighted by Gasteiger charge is -2.11. The molecule has 0 atom stereocenters. The summed E-state index contributed by atoms with van der Waals surface area (Å²) in [5.41, 5.74) is 0.609. The van der Waals surface area contributed by atoms with E-state index >= 15 is 0 Å². The molecule has 0 aromatic heterocycles. The minimum atomic E-state index is -1.11. The molecule has 0 saturated heterocycles. The normalized spacial score (nSPS) is 10.3. The number of aromatic carboxylic acids is 1. The highest BCUT2D eigenvalue weighted by Gasteiger charge is 2.14. The predicted octanol–water partition coefficient (Wildman–Crippen LogP) is 3.56. The first-order valence-corrected chi connectivity index (χ1v) is 7.89. The Balaban J connectivity index is 1.72. The number of hydrogen-bond donors (Lipinski definition) is 2. The monoisotopic (exact) mass is 351 g/mol. The molecule has 0 aliphatic heterocycles. The van der Waals surface area contributed by atoms with Crippen LogP contribution in [-0.2, 0) is 4.79 Å². The molecular formula is C20H17NO5. The number of benzene rings is 3. The number of carbonyl (C=O) groups excluding carboxylic acids is 1.